The quantitative estimate of drug-likeness (QED) is 0.539. The Hall–Kier alpha value is -2.52. The van der Waals surface area contributed by atoms with Crippen LogP contribution in [-0.2, 0) is 0 Å². The molecule has 1 N–H and O–H groups in total. The van der Waals surface area contributed by atoms with Crippen molar-refractivity contribution in [1.29, 1.82) is 0 Å². The molecule has 0 spiro atoms. The van der Waals surface area contributed by atoms with Crippen LogP contribution in [0.5, 0.6) is 0 Å². The van der Waals surface area contributed by atoms with Crippen molar-refractivity contribution in [1.82, 2.24) is 4.98 Å². The lowest BCUT2D eigenvalue weighted by Gasteiger charge is -2.11. The van der Waals surface area contributed by atoms with Crippen LogP contribution in [0.25, 0.3) is 22.0 Å². The van der Waals surface area contributed by atoms with Gasteiger partial charge in [-0.3, -0.25) is 0 Å². The first-order chi connectivity index (χ1) is 10.3. The normalized spacial score (nSPS) is 11.1. The topological polar surface area (TPSA) is 38.1 Å². The van der Waals surface area contributed by atoms with Crippen LogP contribution in [0.15, 0.2) is 65.3 Å². The van der Waals surface area contributed by atoms with E-state index in [1.807, 2.05) is 54.6 Å². The number of nitrogens with one attached hydrogen (secondary N) is 1. The van der Waals surface area contributed by atoms with Gasteiger partial charge in [-0.2, -0.15) is 0 Å². The lowest BCUT2D eigenvalue weighted by Crippen LogP contribution is -1.94. The summed E-state index contributed by atoms with van der Waals surface area (Å²) in [4.78, 5) is 4.51. The van der Waals surface area contributed by atoms with Gasteiger partial charge in [0.1, 0.15) is 6.26 Å². The van der Waals surface area contributed by atoms with E-state index in [0.29, 0.717) is 10.7 Å². The summed E-state index contributed by atoms with van der Waals surface area (Å²) in [5, 5.41) is 5.81. The van der Waals surface area contributed by atoms with Crippen LogP contribution in [-0.4, -0.2) is 4.98 Å². The molecule has 0 aliphatic heterocycles. The SMILES string of the molecule is Clc1coc2nc3ccccc3c(Nc3ccccc3)c12. The summed E-state index contributed by atoms with van der Waals surface area (Å²) in [5.41, 5.74) is 3.32. The molecule has 0 aliphatic carbocycles. The lowest BCUT2D eigenvalue weighted by atomic mass is 10.1. The number of para-hydroxylation sites is 2. The summed E-state index contributed by atoms with van der Waals surface area (Å²) < 4.78 is 5.45. The lowest BCUT2D eigenvalue weighted by molar-refractivity contribution is 0.605. The molecule has 0 aliphatic rings. The second kappa shape index (κ2) is 4.79. The van der Waals surface area contributed by atoms with Gasteiger partial charge in [0.25, 0.3) is 0 Å². The molecule has 3 nitrogen and oxygen atoms in total. The first-order valence-corrected chi connectivity index (χ1v) is 6.98. The van der Waals surface area contributed by atoms with Crippen LogP contribution < -0.4 is 5.32 Å². The third-order valence-corrected chi connectivity index (χ3v) is 3.69. The maximum absolute atomic E-state index is 6.27. The molecule has 2 aromatic heterocycles. The highest BCUT2D eigenvalue weighted by Crippen LogP contribution is 2.37. The zero-order chi connectivity index (χ0) is 14.2. The first kappa shape index (κ1) is 12.2. The molecular formula is C17H11ClN2O. The van der Waals surface area contributed by atoms with Gasteiger partial charge in [-0.15, -0.1) is 0 Å². The molecule has 4 heteroatoms. The number of anilines is 2. The van der Waals surface area contributed by atoms with E-state index in [2.05, 4.69) is 10.3 Å². The van der Waals surface area contributed by atoms with Gasteiger partial charge < -0.3 is 9.73 Å². The first-order valence-electron chi connectivity index (χ1n) is 6.60. The second-order valence-electron chi connectivity index (χ2n) is 4.76. The molecule has 0 amide bonds. The van der Waals surface area contributed by atoms with E-state index < -0.39 is 0 Å². The fraction of sp³-hybridized carbons (Fsp3) is 0. The zero-order valence-electron chi connectivity index (χ0n) is 11.0. The van der Waals surface area contributed by atoms with Crippen molar-refractivity contribution in [3.63, 3.8) is 0 Å². The molecule has 4 aromatic rings. The monoisotopic (exact) mass is 294 g/mol. The van der Waals surface area contributed by atoms with Gasteiger partial charge in [0, 0.05) is 11.1 Å². The van der Waals surface area contributed by atoms with Gasteiger partial charge in [-0.1, -0.05) is 48.0 Å². The average molecular weight is 295 g/mol. The van der Waals surface area contributed by atoms with Gasteiger partial charge in [0.15, 0.2) is 0 Å². The van der Waals surface area contributed by atoms with Gasteiger partial charge >= 0.3 is 0 Å². The standard InChI is InChI=1S/C17H11ClN2O/c18-13-10-21-17-15(13)16(19-11-6-2-1-3-7-11)12-8-4-5-9-14(12)20-17/h1-10H,(H,19,20). The van der Waals surface area contributed by atoms with Crippen LogP contribution in [0.3, 0.4) is 0 Å². The van der Waals surface area contributed by atoms with E-state index in [1.54, 1.807) is 0 Å². The summed E-state index contributed by atoms with van der Waals surface area (Å²) in [6, 6.07) is 17.9. The Bertz CT molecular complexity index is 931. The number of aromatic nitrogens is 1. The van der Waals surface area contributed by atoms with E-state index in [0.717, 1.165) is 27.7 Å². The predicted octanol–water partition coefficient (Wildman–Crippen LogP) is 5.38. The molecule has 0 bridgehead atoms. The molecule has 2 heterocycles. The van der Waals surface area contributed by atoms with E-state index in [-0.39, 0.29) is 0 Å². The Balaban J connectivity index is 2.04. The fourth-order valence-corrected chi connectivity index (χ4v) is 2.68. The van der Waals surface area contributed by atoms with Crippen LogP contribution in [0.2, 0.25) is 5.02 Å². The van der Waals surface area contributed by atoms with Crippen LogP contribution in [0.1, 0.15) is 0 Å². The van der Waals surface area contributed by atoms with Crippen LogP contribution >= 0.6 is 11.6 Å². The summed E-state index contributed by atoms with van der Waals surface area (Å²) >= 11 is 6.27. The Morgan fingerprint density at radius 3 is 2.57 bits per heavy atom. The van der Waals surface area contributed by atoms with Crippen molar-refractivity contribution < 1.29 is 4.42 Å². The number of nitrogens with zero attached hydrogens (tertiary/aromatic N) is 1. The molecule has 0 atom stereocenters. The average Bonchev–Trinajstić information content (AvgIpc) is 2.89. The Labute approximate surface area is 126 Å². The van der Waals surface area contributed by atoms with E-state index in [9.17, 15) is 0 Å². The fourth-order valence-electron chi connectivity index (χ4n) is 2.46. The number of benzene rings is 2. The summed E-state index contributed by atoms with van der Waals surface area (Å²) in [7, 11) is 0. The van der Waals surface area contributed by atoms with Crippen molar-refractivity contribution in [2.24, 2.45) is 0 Å². The van der Waals surface area contributed by atoms with Gasteiger partial charge in [-0.25, -0.2) is 4.98 Å². The second-order valence-corrected chi connectivity index (χ2v) is 5.17. The highest BCUT2D eigenvalue weighted by molar-refractivity contribution is 6.37. The smallest absolute Gasteiger partial charge is 0.230 e. The number of hydrogen-bond donors (Lipinski definition) is 1. The van der Waals surface area contributed by atoms with E-state index in [1.165, 1.54) is 6.26 Å². The van der Waals surface area contributed by atoms with Gasteiger partial charge in [-0.05, 0) is 18.2 Å². The van der Waals surface area contributed by atoms with Crippen molar-refractivity contribution in [2.75, 3.05) is 5.32 Å². The number of pyridine rings is 1. The highest BCUT2D eigenvalue weighted by Gasteiger charge is 2.15. The molecule has 0 unspecified atom stereocenters. The van der Waals surface area contributed by atoms with Gasteiger partial charge in [0.05, 0.1) is 21.6 Å². The number of hydrogen-bond acceptors (Lipinski definition) is 3. The maximum atomic E-state index is 6.27. The molecule has 4 rings (SSSR count). The van der Waals surface area contributed by atoms with E-state index >= 15 is 0 Å². The van der Waals surface area contributed by atoms with Crippen LogP contribution in [0.4, 0.5) is 11.4 Å². The van der Waals surface area contributed by atoms with Crippen molar-refractivity contribution in [3.8, 4) is 0 Å². The molecule has 0 saturated carbocycles. The maximum Gasteiger partial charge on any atom is 0.230 e. The molecule has 102 valence electrons. The van der Waals surface area contributed by atoms with Crippen molar-refractivity contribution in [3.05, 3.63) is 65.9 Å². The highest BCUT2D eigenvalue weighted by atomic mass is 35.5. The van der Waals surface area contributed by atoms with E-state index in [4.69, 9.17) is 16.0 Å². The third kappa shape index (κ3) is 2.03. The van der Waals surface area contributed by atoms with Crippen molar-refractivity contribution >= 4 is 45.0 Å². The van der Waals surface area contributed by atoms with Crippen LogP contribution in [0, 0.1) is 0 Å². The minimum absolute atomic E-state index is 0.539. The Morgan fingerprint density at radius 1 is 0.952 bits per heavy atom. The Kier molecular flexibility index (Phi) is 2.79. The minimum Gasteiger partial charge on any atom is -0.444 e. The Morgan fingerprint density at radius 2 is 1.71 bits per heavy atom. The van der Waals surface area contributed by atoms with Crippen molar-refractivity contribution in [2.45, 2.75) is 0 Å². The minimum atomic E-state index is 0.539. The molecule has 2 aromatic carbocycles. The molecule has 21 heavy (non-hydrogen) atoms. The molecular weight excluding hydrogens is 284 g/mol. The number of fused-ring (bicyclic) bond motifs is 2. The molecule has 0 fully saturated rings. The number of rotatable bonds is 2. The summed E-state index contributed by atoms with van der Waals surface area (Å²) in [6.07, 6.45) is 1.52. The zero-order valence-corrected chi connectivity index (χ0v) is 11.8. The summed E-state index contributed by atoms with van der Waals surface area (Å²) in [5.74, 6) is 0. The third-order valence-electron chi connectivity index (χ3n) is 3.42. The number of halogens is 1. The van der Waals surface area contributed by atoms with Gasteiger partial charge in [0.2, 0.25) is 5.71 Å². The number of furan rings is 1. The molecule has 0 radical (unpaired) electrons. The predicted molar refractivity (Wildman–Crippen MR) is 86.2 cm³/mol. The largest absolute Gasteiger partial charge is 0.444 e. The molecule has 0 saturated heterocycles. The summed E-state index contributed by atoms with van der Waals surface area (Å²) in [6.45, 7) is 0.